The average Bonchev–Trinajstić information content (AvgIpc) is 3.18. The van der Waals surface area contributed by atoms with Crippen molar-refractivity contribution in [1.29, 1.82) is 0 Å². The molecule has 0 aliphatic carbocycles. The summed E-state index contributed by atoms with van der Waals surface area (Å²) in [4.78, 5) is 33.8. The maximum absolute atomic E-state index is 13.9. The van der Waals surface area contributed by atoms with Crippen molar-refractivity contribution in [1.82, 2.24) is 4.98 Å². The lowest BCUT2D eigenvalue weighted by Gasteiger charge is -2.25. The van der Waals surface area contributed by atoms with E-state index in [0.29, 0.717) is 46.0 Å². The minimum Gasteiger partial charge on any atom is -0.493 e. The fraction of sp³-hybridized carbons (Fsp3) is 0.300. The third kappa shape index (κ3) is 4.24. The van der Waals surface area contributed by atoms with Crippen LogP contribution in [0.4, 0.5) is 5.82 Å². The number of fused-ring (bicyclic) bond motifs is 2. The van der Waals surface area contributed by atoms with Gasteiger partial charge in [0, 0.05) is 6.20 Å². The molecular formula is C30H30N2O5. The highest BCUT2D eigenvalue weighted by atomic mass is 16.5. The minimum absolute atomic E-state index is 0.0382. The molecule has 2 aromatic heterocycles. The lowest BCUT2D eigenvalue weighted by Crippen LogP contribution is -2.30. The second kappa shape index (κ2) is 9.73. The first-order chi connectivity index (χ1) is 17.8. The van der Waals surface area contributed by atoms with Crippen molar-refractivity contribution in [3.05, 3.63) is 92.5 Å². The third-order valence-electron chi connectivity index (χ3n) is 6.89. The van der Waals surface area contributed by atoms with E-state index in [1.807, 2.05) is 63.2 Å². The number of anilines is 1. The zero-order chi connectivity index (χ0) is 26.3. The Bertz CT molecular complexity index is 1570. The first-order valence-electron chi connectivity index (χ1n) is 12.5. The minimum atomic E-state index is -0.738. The molecule has 5 rings (SSSR count). The monoisotopic (exact) mass is 498 g/mol. The van der Waals surface area contributed by atoms with Crippen LogP contribution in [0, 0.1) is 20.8 Å². The molecule has 0 bridgehead atoms. The Morgan fingerprint density at radius 1 is 1.00 bits per heavy atom. The lowest BCUT2D eigenvalue weighted by atomic mass is 9.97. The fourth-order valence-electron chi connectivity index (χ4n) is 4.73. The van der Waals surface area contributed by atoms with E-state index in [0.717, 1.165) is 29.5 Å². The standard InChI is InChI=1S/C30H30N2O5/c1-6-7-12-36-22-9-8-20(16-24(22)35-5)27-26-28(33)21-14-18(3)19(4)15-23(21)37-29(26)30(34)32(27)25-13-17(2)10-11-31-25/h8-11,13-16,27H,6-7,12H2,1-5H3/t27-/m1/s1. The second-order valence-corrected chi connectivity index (χ2v) is 9.49. The van der Waals surface area contributed by atoms with Crippen molar-refractivity contribution in [3.63, 3.8) is 0 Å². The summed E-state index contributed by atoms with van der Waals surface area (Å²) in [6.07, 6.45) is 3.60. The van der Waals surface area contributed by atoms with Crippen LogP contribution in [-0.2, 0) is 0 Å². The number of ether oxygens (including phenoxy) is 2. The molecule has 1 atom stereocenters. The van der Waals surface area contributed by atoms with E-state index >= 15 is 0 Å². The molecule has 4 aromatic rings. The zero-order valence-corrected chi connectivity index (χ0v) is 21.8. The smallest absolute Gasteiger partial charge is 0.296 e. The van der Waals surface area contributed by atoms with E-state index in [1.165, 1.54) is 4.90 Å². The molecule has 0 saturated heterocycles. The van der Waals surface area contributed by atoms with Crippen molar-refractivity contribution >= 4 is 22.7 Å². The highest BCUT2D eigenvalue weighted by Gasteiger charge is 2.44. The summed E-state index contributed by atoms with van der Waals surface area (Å²) >= 11 is 0. The number of amides is 1. The molecule has 190 valence electrons. The Morgan fingerprint density at radius 3 is 2.51 bits per heavy atom. The molecule has 0 saturated carbocycles. The van der Waals surface area contributed by atoms with Gasteiger partial charge in [-0.3, -0.25) is 14.5 Å². The molecule has 1 aliphatic rings. The van der Waals surface area contributed by atoms with Crippen LogP contribution in [-0.4, -0.2) is 24.6 Å². The maximum atomic E-state index is 13.9. The van der Waals surface area contributed by atoms with Crippen molar-refractivity contribution in [2.75, 3.05) is 18.6 Å². The number of carbonyl (C=O) groups is 1. The molecule has 0 radical (unpaired) electrons. The van der Waals surface area contributed by atoms with Gasteiger partial charge < -0.3 is 13.9 Å². The normalized spacial score (nSPS) is 14.8. The number of aromatic nitrogens is 1. The van der Waals surface area contributed by atoms with Gasteiger partial charge >= 0.3 is 0 Å². The van der Waals surface area contributed by atoms with Crippen LogP contribution in [0.5, 0.6) is 11.5 Å². The molecule has 3 heterocycles. The molecule has 7 heteroatoms. The van der Waals surface area contributed by atoms with Crippen LogP contribution < -0.4 is 19.8 Å². The van der Waals surface area contributed by atoms with Gasteiger partial charge in [-0.15, -0.1) is 0 Å². The number of rotatable bonds is 7. The fourth-order valence-corrected chi connectivity index (χ4v) is 4.73. The van der Waals surface area contributed by atoms with Crippen molar-refractivity contribution in [3.8, 4) is 11.5 Å². The molecule has 1 aliphatic heterocycles. The number of methoxy groups -OCH3 is 1. The summed E-state index contributed by atoms with van der Waals surface area (Å²) in [6.45, 7) is 8.51. The Hall–Kier alpha value is -4.13. The number of nitrogens with zero attached hydrogens (tertiary/aromatic N) is 2. The van der Waals surface area contributed by atoms with Gasteiger partial charge in [0.05, 0.1) is 30.7 Å². The summed E-state index contributed by atoms with van der Waals surface area (Å²) in [5.74, 6) is 1.22. The Balaban J connectivity index is 1.73. The summed E-state index contributed by atoms with van der Waals surface area (Å²) in [6, 6.07) is 12.1. The SMILES string of the molecule is CCCCOc1ccc([C@@H]2c3c(oc4cc(C)c(C)cc4c3=O)C(=O)N2c2cc(C)ccn2)cc1OC. The molecule has 1 amide bonds. The van der Waals surface area contributed by atoms with Gasteiger partial charge in [-0.25, -0.2) is 4.98 Å². The molecular weight excluding hydrogens is 468 g/mol. The van der Waals surface area contributed by atoms with E-state index in [1.54, 1.807) is 13.3 Å². The Labute approximate surface area is 215 Å². The summed E-state index contributed by atoms with van der Waals surface area (Å²) in [5.41, 5.74) is 4.08. The zero-order valence-electron chi connectivity index (χ0n) is 21.8. The lowest BCUT2D eigenvalue weighted by molar-refractivity contribution is 0.0970. The van der Waals surface area contributed by atoms with Crippen LogP contribution in [0.2, 0.25) is 0 Å². The van der Waals surface area contributed by atoms with E-state index in [9.17, 15) is 9.59 Å². The quantitative estimate of drug-likeness (QED) is 0.289. The molecule has 0 fully saturated rings. The van der Waals surface area contributed by atoms with Gasteiger partial charge in [0.2, 0.25) is 5.76 Å². The number of hydrogen-bond donors (Lipinski definition) is 0. The predicted octanol–water partition coefficient (Wildman–Crippen LogP) is 6.05. The van der Waals surface area contributed by atoms with Crippen LogP contribution in [0.3, 0.4) is 0 Å². The largest absolute Gasteiger partial charge is 0.493 e. The number of hydrogen-bond acceptors (Lipinski definition) is 6. The average molecular weight is 499 g/mol. The molecule has 7 nitrogen and oxygen atoms in total. The maximum Gasteiger partial charge on any atom is 0.296 e. The van der Waals surface area contributed by atoms with Crippen molar-refractivity contribution in [2.24, 2.45) is 0 Å². The number of carbonyl (C=O) groups excluding carboxylic acids is 1. The number of aryl methyl sites for hydroxylation is 3. The highest BCUT2D eigenvalue weighted by molar-refractivity contribution is 6.10. The van der Waals surface area contributed by atoms with E-state index in [2.05, 4.69) is 11.9 Å². The van der Waals surface area contributed by atoms with Gasteiger partial charge in [-0.2, -0.15) is 0 Å². The van der Waals surface area contributed by atoms with Gasteiger partial charge in [0.25, 0.3) is 5.91 Å². The molecule has 0 N–H and O–H groups in total. The Morgan fingerprint density at radius 2 is 1.78 bits per heavy atom. The highest BCUT2D eigenvalue weighted by Crippen LogP contribution is 2.43. The third-order valence-corrected chi connectivity index (χ3v) is 6.89. The molecule has 2 aromatic carbocycles. The van der Waals surface area contributed by atoms with Crippen LogP contribution >= 0.6 is 0 Å². The van der Waals surface area contributed by atoms with E-state index in [-0.39, 0.29) is 11.2 Å². The van der Waals surface area contributed by atoms with Crippen LogP contribution in [0.15, 0.2) is 57.9 Å². The summed E-state index contributed by atoms with van der Waals surface area (Å²) < 4.78 is 17.7. The first kappa shape index (κ1) is 24.6. The van der Waals surface area contributed by atoms with Crippen LogP contribution in [0.1, 0.15) is 64.2 Å². The topological polar surface area (TPSA) is 81.9 Å². The summed E-state index contributed by atoms with van der Waals surface area (Å²) in [5, 5.41) is 0.449. The molecule has 0 unspecified atom stereocenters. The van der Waals surface area contributed by atoms with Gasteiger partial charge in [-0.05, 0) is 85.8 Å². The first-order valence-corrected chi connectivity index (χ1v) is 12.5. The number of unbranched alkanes of at least 4 members (excludes halogenated alkanes) is 1. The van der Waals surface area contributed by atoms with Crippen molar-refractivity contribution < 1.29 is 18.7 Å². The Kier molecular flexibility index (Phi) is 6.46. The molecule has 37 heavy (non-hydrogen) atoms. The van der Waals surface area contributed by atoms with Gasteiger partial charge in [0.1, 0.15) is 11.4 Å². The predicted molar refractivity (Wildman–Crippen MR) is 143 cm³/mol. The summed E-state index contributed by atoms with van der Waals surface area (Å²) in [7, 11) is 1.58. The second-order valence-electron chi connectivity index (χ2n) is 9.49. The number of benzene rings is 2. The number of pyridine rings is 1. The van der Waals surface area contributed by atoms with E-state index in [4.69, 9.17) is 13.9 Å². The van der Waals surface area contributed by atoms with E-state index < -0.39 is 11.9 Å². The van der Waals surface area contributed by atoms with Gasteiger partial charge in [0.15, 0.2) is 16.9 Å². The van der Waals surface area contributed by atoms with Gasteiger partial charge in [-0.1, -0.05) is 19.4 Å². The molecule has 0 spiro atoms. The van der Waals surface area contributed by atoms with Crippen molar-refractivity contribution in [2.45, 2.75) is 46.6 Å². The van der Waals surface area contributed by atoms with Crippen LogP contribution in [0.25, 0.3) is 11.0 Å².